The zero-order valence-electron chi connectivity index (χ0n) is 13.2. The van der Waals surface area contributed by atoms with Crippen LogP contribution in [-0.2, 0) is 4.79 Å². The van der Waals surface area contributed by atoms with Gasteiger partial charge in [0.05, 0.1) is 0 Å². The third-order valence-electron chi connectivity index (χ3n) is 3.59. The number of aromatic nitrogens is 2. The molecule has 6 nitrogen and oxygen atoms in total. The Hall–Kier alpha value is -2.37. The van der Waals surface area contributed by atoms with Crippen molar-refractivity contribution in [2.75, 3.05) is 6.54 Å². The topological polar surface area (TPSA) is 75.5 Å². The van der Waals surface area contributed by atoms with Crippen LogP contribution >= 0.6 is 0 Å². The minimum absolute atomic E-state index is 0.0551. The number of aryl methyl sites for hydroxylation is 1. The standard InChI is InChI=1S/C16H22N4O2/c1-4-11(2)18-15(21)8-9-17-16(22)13-10-20-12(3)6-5-7-14(20)19-13/h5-7,10-11H,4,8-9H2,1-3H3,(H,17,22)(H,18,21)/t11-/m1/s1. The number of carbonyl (C=O) groups excluding carboxylic acids is 2. The molecule has 0 saturated heterocycles. The summed E-state index contributed by atoms with van der Waals surface area (Å²) < 4.78 is 1.87. The maximum atomic E-state index is 12.1. The Bertz CT molecular complexity index is 678. The molecular formula is C16H22N4O2. The second-order valence-corrected chi connectivity index (χ2v) is 5.40. The second kappa shape index (κ2) is 7.06. The molecule has 2 aromatic heterocycles. The van der Waals surface area contributed by atoms with Crippen molar-refractivity contribution < 1.29 is 9.59 Å². The summed E-state index contributed by atoms with van der Waals surface area (Å²) in [6, 6.07) is 5.86. The largest absolute Gasteiger partial charge is 0.354 e. The highest BCUT2D eigenvalue weighted by atomic mass is 16.2. The van der Waals surface area contributed by atoms with Crippen LogP contribution in [0.25, 0.3) is 5.65 Å². The van der Waals surface area contributed by atoms with Crippen molar-refractivity contribution in [3.8, 4) is 0 Å². The molecule has 0 aliphatic heterocycles. The fourth-order valence-corrected chi connectivity index (χ4v) is 2.09. The second-order valence-electron chi connectivity index (χ2n) is 5.40. The maximum absolute atomic E-state index is 12.1. The van der Waals surface area contributed by atoms with E-state index in [1.54, 1.807) is 6.20 Å². The highest BCUT2D eigenvalue weighted by Gasteiger charge is 2.12. The van der Waals surface area contributed by atoms with E-state index >= 15 is 0 Å². The third kappa shape index (κ3) is 3.84. The van der Waals surface area contributed by atoms with E-state index in [4.69, 9.17) is 0 Å². The van der Waals surface area contributed by atoms with Crippen molar-refractivity contribution >= 4 is 17.5 Å². The first-order chi connectivity index (χ1) is 10.5. The minimum Gasteiger partial charge on any atom is -0.354 e. The number of nitrogens with one attached hydrogen (secondary N) is 2. The average molecular weight is 302 g/mol. The van der Waals surface area contributed by atoms with Crippen molar-refractivity contribution in [3.63, 3.8) is 0 Å². The summed E-state index contributed by atoms with van der Waals surface area (Å²) in [5.41, 5.74) is 2.10. The van der Waals surface area contributed by atoms with Gasteiger partial charge in [0.15, 0.2) is 0 Å². The Balaban J connectivity index is 1.89. The molecular weight excluding hydrogens is 280 g/mol. The molecule has 6 heteroatoms. The van der Waals surface area contributed by atoms with Crippen LogP contribution in [0.4, 0.5) is 0 Å². The third-order valence-corrected chi connectivity index (χ3v) is 3.59. The summed E-state index contributed by atoms with van der Waals surface area (Å²) in [5, 5.41) is 5.59. The van der Waals surface area contributed by atoms with Gasteiger partial charge in [0.1, 0.15) is 11.3 Å². The van der Waals surface area contributed by atoms with Gasteiger partial charge in [0.25, 0.3) is 5.91 Å². The van der Waals surface area contributed by atoms with Crippen LogP contribution in [-0.4, -0.2) is 33.8 Å². The lowest BCUT2D eigenvalue weighted by Gasteiger charge is -2.11. The van der Waals surface area contributed by atoms with Gasteiger partial charge in [0, 0.05) is 30.9 Å². The van der Waals surface area contributed by atoms with E-state index < -0.39 is 0 Å². The van der Waals surface area contributed by atoms with Crippen LogP contribution in [0.2, 0.25) is 0 Å². The molecule has 0 aromatic carbocycles. The molecule has 2 N–H and O–H groups in total. The Morgan fingerprint density at radius 3 is 2.82 bits per heavy atom. The lowest BCUT2D eigenvalue weighted by Crippen LogP contribution is -2.35. The molecule has 2 heterocycles. The number of carbonyl (C=O) groups is 2. The number of pyridine rings is 1. The molecule has 0 fully saturated rings. The van der Waals surface area contributed by atoms with E-state index in [-0.39, 0.29) is 24.3 Å². The van der Waals surface area contributed by atoms with Gasteiger partial charge in [-0.3, -0.25) is 9.59 Å². The number of hydrogen-bond acceptors (Lipinski definition) is 3. The number of hydrogen-bond donors (Lipinski definition) is 2. The van der Waals surface area contributed by atoms with Crippen molar-refractivity contribution in [2.45, 2.75) is 39.7 Å². The van der Waals surface area contributed by atoms with Gasteiger partial charge in [-0.2, -0.15) is 0 Å². The van der Waals surface area contributed by atoms with E-state index in [2.05, 4.69) is 15.6 Å². The number of amides is 2. The molecule has 2 rings (SSSR count). The zero-order chi connectivity index (χ0) is 16.1. The molecule has 0 saturated carbocycles. The summed E-state index contributed by atoms with van der Waals surface area (Å²) >= 11 is 0. The molecule has 0 aliphatic carbocycles. The molecule has 22 heavy (non-hydrogen) atoms. The summed E-state index contributed by atoms with van der Waals surface area (Å²) in [7, 11) is 0. The predicted molar refractivity (Wildman–Crippen MR) is 84.8 cm³/mol. The first-order valence-corrected chi connectivity index (χ1v) is 7.53. The smallest absolute Gasteiger partial charge is 0.271 e. The number of imidazole rings is 1. The highest BCUT2D eigenvalue weighted by molar-refractivity contribution is 5.93. The minimum atomic E-state index is -0.264. The quantitative estimate of drug-likeness (QED) is 0.852. The highest BCUT2D eigenvalue weighted by Crippen LogP contribution is 2.08. The van der Waals surface area contributed by atoms with Crippen molar-refractivity contribution in [1.29, 1.82) is 0 Å². The van der Waals surface area contributed by atoms with Crippen LogP contribution in [0.3, 0.4) is 0 Å². The van der Waals surface area contributed by atoms with Crippen LogP contribution < -0.4 is 10.6 Å². The van der Waals surface area contributed by atoms with Crippen LogP contribution in [0.15, 0.2) is 24.4 Å². The van der Waals surface area contributed by atoms with E-state index in [0.717, 1.165) is 17.8 Å². The van der Waals surface area contributed by atoms with Crippen molar-refractivity contribution in [2.24, 2.45) is 0 Å². The SMILES string of the molecule is CC[C@@H](C)NC(=O)CCNC(=O)c1cn2c(C)cccc2n1. The summed E-state index contributed by atoms with van der Waals surface area (Å²) in [6.07, 6.45) is 2.86. The summed E-state index contributed by atoms with van der Waals surface area (Å²) in [6.45, 7) is 6.22. The maximum Gasteiger partial charge on any atom is 0.271 e. The predicted octanol–water partition coefficient (Wildman–Crippen LogP) is 1.68. The van der Waals surface area contributed by atoms with Crippen molar-refractivity contribution in [1.82, 2.24) is 20.0 Å². The van der Waals surface area contributed by atoms with Crippen LogP contribution in [0, 0.1) is 6.92 Å². The summed E-state index contributed by atoms with van der Waals surface area (Å²) in [4.78, 5) is 28.0. The molecule has 0 radical (unpaired) electrons. The van der Waals surface area contributed by atoms with Gasteiger partial charge in [0.2, 0.25) is 5.91 Å². The Labute approximate surface area is 129 Å². The van der Waals surface area contributed by atoms with Crippen molar-refractivity contribution in [3.05, 3.63) is 35.8 Å². The fraction of sp³-hybridized carbons (Fsp3) is 0.438. The fourth-order valence-electron chi connectivity index (χ4n) is 2.09. The van der Waals surface area contributed by atoms with E-state index in [0.29, 0.717) is 12.2 Å². The first-order valence-electron chi connectivity index (χ1n) is 7.53. The van der Waals surface area contributed by atoms with Gasteiger partial charge < -0.3 is 15.0 Å². The van der Waals surface area contributed by atoms with Gasteiger partial charge in [-0.15, -0.1) is 0 Å². The lowest BCUT2D eigenvalue weighted by atomic mass is 10.2. The zero-order valence-corrected chi connectivity index (χ0v) is 13.2. The average Bonchev–Trinajstić information content (AvgIpc) is 2.92. The molecule has 2 amide bonds. The number of rotatable bonds is 6. The normalized spacial score (nSPS) is 12.1. The van der Waals surface area contributed by atoms with E-state index in [1.807, 2.05) is 43.4 Å². The van der Waals surface area contributed by atoms with Crippen LogP contribution in [0.5, 0.6) is 0 Å². The Kier molecular flexibility index (Phi) is 5.14. The number of fused-ring (bicyclic) bond motifs is 1. The molecule has 1 atom stereocenters. The molecule has 2 aromatic rings. The van der Waals surface area contributed by atoms with Gasteiger partial charge in [-0.05, 0) is 32.4 Å². The first kappa shape index (κ1) is 16.0. The van der Waals surface area contributed by atoms with E-state index in [1.165, 1.54) is 0 Å². The van der Waals surface area contributed by atoms with Gasteiger partial charge >= 0.3 is 0 Å². The molecule has 0 spiro atoms. The Morgan fingerprint density at radius 1 is 1.36 bits per heavy atom. The molecule has 0 unspecified atom stereocenters. The summed E-state index contributed by atoms with van der Waals surface area (Å²) in [5.74, 6) is -0.320. The van der Waals surface area contributed by atoms with E-state index in [9.17, 15) is 9.59 Å². The molecule has 0 bridgehead atoms. The van der Waals surface area contributed by atoms with Crippen LogP contribution in [0.1, 0.15) is 42.9 Å². The van der Waals surface area contributed by atoms with Gasteiger partial charge in [-0.25, -0.2) is 4.98 Å². The monoisotopic (exact) mass is 302 g/mol. The molecule has 118 valence electrons. The lowest BCUT2D eigenvalue weighted by molar-refractivity contribution is -0.121. The number of nitrogens with zero attached hydrogens (tertiary/aromatic N) is 2. The van der Waals surface area contributed by atoms with Gasteiger partial charge in [-0.1, -0.05) is 13.0 Å². The Morgan fingerprint density at radius 2 is 2.14 bits per heavy atom. The molecule has 0 aliphatic rings.